The first kappa shape index (κ1) is 9.73. The minimum atomic E-state index is -0.141. The number of allylic oxidation sites excluding steroid dienone is 1. The maximum absolute atomic E-state index is 9.09. The van der Waals surface area contributed by atoms with Gasteiger partial charge in [0.1, 0.15) is 0 Å². The summed E-state index contributed by atoms with van der Waals surface area (Å²) < 4.78 is 5.96. The van der Waals surface area contributed by atoms with Crippen LogP contribution >= 0.6 is 0 Å². The molecule has 0 aromatic carbocycles. The first-order valence-corrected chi connectivity index (χ1v) is 5.27. The third-order valence-corrected chi connectivity index (χ3v) is 3.03. The molecule has 2 aliphatic carbocycles. The van der Waals surface area contributed by atoms with Gasteiger partial charge >= 0.3 is 0 Å². The van der Waals surface area contributed by atoms with Gasteiger partial charge in [0, 0.05) is 5.92 Å². The first-order chi connectivity index (χ1) is 6.51. The molecule has 2 bridgehead atoms. The van der Waals surface area contributed by atoms with Gasteiger partial charge in [-0.25, -0.2) is 0 Å². The predicted molar refractivity (Wildman–Crippen MR) is 54.5 cm³/mol. The van der Waals surface area contributed by atoms with E-state index in [1.807, 2.05) is 0 Å². The monoisotopic (exact) mass is 191 g/mol. The summed E-state index contributed by atoms with van der Waals surface area (Å²) in [6.07, 6.45) is 5.63. The molecule has 0 aromatic heterocycles. The molecule has 0 aliphatic heterocycles. The summed E-state index contributed by atoms with van der Waals surface area (Å²) in [4.78, 5) is 0. The minimum Gasteiger partial charge on any atom is -0.371 e. The van der Waals surface area contributed by atoms with Crippen LogP contribution in [0.15, 0.2) is 12.2 Å². The van der Waals surface area contributed by atoms with E-state index >= 15 is 0 Å². The highest BCUT2D eigenvalue weighted by molar-refractivity contribution is 5.19. The summed E-state index contributed by atoms with van der Waals surface area (Å²) in [5.74, 6) is 0.991. The predicted octanol–water partition coefficient (Wildman–Crippen LogP) is 2.52. The average molecular weight is 191 g/mol. The molecule has 14 heavy (non-hydrogen) atoms. The Kier molecular flexibility index (Phi) is 2.16. The van der Waals surface area contributed by atoms with E-state index in [4.69, 9.17) is 10.00 Å². The van der Waals surface area contributed by atoms with Crippen molar-refractivity contribution in [1.82, 2.24) is 0 Å². The van der Waals surface area contributed by atoms with Crippen LogP contribution in [0.4, 0.5) is 0 Å². The zero-order chi connectivity index (χ0) is 10.3. The second-order valence-corrected chi connectivity index (χ2v) is 5.30. The van der Waals surface area contributed by atoms with E-state index < -0.39 is 0 Å². The molecule has 0 spiro atoms. The van der Waals surface area contributed by atoms with Gasteiger partial charge in [-0.15, -0.1) is 0 Å². The van der Waals surface area contributed by atoms with Crippen LogP contribution in [-0.2, 0) is 4.74 Å². The fraction of sp³-hybridized carbons (Fsp3) is 0.750. The topological polar surface area (TPSA) is 33.0 Å². The summed E-state index contributed by atoms with van der Waals surface area (Å²) in [6.45, 7) is 6.16. The van der Waals surface area contributed by atoms with Crippen LogP contribution in [0.25, 0.3) is 0 Å². The number of ether oxygens (including phenoxy) is 1. The molecular weight excluding hydrogens is 174 g/mol. The molecule has 76 valence electrons. The van der Waals surface area contributed by atoms with E-state index in [0.717, 1.165) is 6.42 Å². The van der Waals surface area contributed by atoms with Crippen molar-refractivity contribution in [3.63, 3.8) is 0 Å². The lowest BCUT2D eigenvalue weighted by atomic mass is 9.92. The number of hydrogen-bond donors (Lipinski definition) is 0. The van der Waals surface area contributed by atoms with Gasteiger partial charge in [-0.2, -0.15) is 5.26 Å². The molecular formula is C12H17NO. The Morgan fingerprint density at radius 1 is 1.29 bits per heavy atom. The SMILES string of the molecule is CC(C)(C)OC1C(C#N)[C@H]2C=C[C@@H]1C2. The van der Waals surface area contributed by atoms with E-state index in [9.17, 15) is 0 Å². The Morgan fingerprint density at radius 2 is 1.93 bits per heavy atom. The zero-order valence-corrected chi connectivity index (χ0v) is 9.03. The molecule has 0 saturated heterocycles. The Labute approximate surface area is 85.6 Å². The lowest BCUT2D eigenvalue weighted by Gasteiger charge is -2.31. The van der Waals surface area contributed by atoms with Crippen LogP contribution < -0.4 is 0 Å². The standard InChI is InChI=1S/C12H17NO/c1-12(2,3)14-11-9-5-4-8(6-9)10(11)7-13/h4-5,8-11H,6H2,1-3H3/t8-,9+,10?,11?/m0/s1. The largest absolute Gasteiger partial charge is 0.371 e. The van der Waals surface area contributed by atoms with Gasteiger partial charge < -0.3 is 4.74 Å². The Bertz CT molecular complexity index is 294. The third kappa shape index (κ3) is 1.57. The maximum atomic E-state index is 9.09. The van der Waals surface area contributed by atoms with E-state index in [1.165, 1.54) is 0 Å². The summed E-state index contributed by atoms with van der Waals surface area (Å²) in [5.41, 5.74) is -0.141. The van der Waals surface area contributed by atoms with Crippen molar-refractivity contribution in [3.05, 3.63) is 12.2 Å². The van der Waals surface area contributed by atoms with Gasteiger partial charge in [0.15, 0.2) is 0 Å². The number of rotatable bonds is 1. The molecule has 2 heteroatoms. The van der Waals surface area contributed by atoms with Gasteiger partial charge in [-0.05, 0) is 33.1 Å². The lowest BCUT2D eigenvalue weighted by Crippen LogP contribution is -2.35. The van der Waals surface area contributed by atoms with E-state index in [2.05, 4.69) is 39.0 Å². The van der Waals surface area contributed by atoms with Gasteiger partial charge in [-0.1, -0.05) is 12.2 Å². The lowest BCUT2D eigenvalue weighted by molar-refractivity contribution is -0.0818. The zero-order valence-electron chi connectivity index (χ0n) is 9.03. The highest BCUT2D eigenvalue weighted by Crippen LogP contribution is 2.46. The van der Waals surface area contributed by atoms with Crippen LogP contribution in [0, 0.1) is 29.1 Å². The first-order valence-electron chi connectivity index (χ1n) is 5.27. The van der Waals surface area contributed by atoms with Crippen molar-refractivity contribution >= 4 is 0 Å². The second-order valence-electron chi connectivity index (χ2n) is 5.30. The molecule has 4 atom stereocenters. The van der Waals surface area contributed by atoms with Crippen molar-refractivity contribution in [2.45, 2.75) is 38.9 Å². The fourth-order valence-corrected chi connectivity index (χ4v) is 2.51. The summed E-state index contributed by atoms with van der Waals surface area (Å²) in [6, 6.07) is 2.39. The van der Waals surface area contributed by atoms with Crippen LogP contribution in [0.2, 0.25) is 0 Å². The van der Waals surface area contributed by atoms with Crippen LogP contribution in [-0.4, -0.2) is 11.7 Å². The van der Waals surface area contributed by atoms with Gasteiger partial charge in [-0.3, -0.25) is 0 Å². The summed E-state index contributed by atoms with van der Waals surface area (Å²) in [7, 11) is 0. The van der Waals surface area contributed by atoms with Gasteiger partial charge in [0.25, 0.3) is 0 Å². The number of nitrogens with zero attached hydrogens (tertiary/aromatic N) is 1. The number of nitriles is 1. The third-order valence-electron chi connectivity index (χ3n) is 3.03. The van der Waals surface area contributed by atoms with Crippen molar-refractivity contribution in [2.24, 2.45) is 17.8 Å². The Hall–Kier alpha value is -0.810. The Morgan fingerprint density at radius 3 is 2.50 bits per heavy atom. The van der Waals surface area contributed by atoms with Crippen molar-refractivity contribution < 1.29 is 4.74 Å². The highest BCUT2D eigenvalue weighted by Gasteiger charge is 2.46. The van der Waals surface area contributed by atoms with Gasteiger partial charge in [0.2, 0.25) is 0 Å². The highest BCUT2D eigenvalue weighted by atomic mass is 16.5. The maximum Gasteiger partial charge on any atom is 0.0808 e. The van der Waals surface area contributed by atoms with Crippen molar-refractivity contribution in [1.29, 1.82) is 5.26 Å². The Balaban J connectivity index is 2.13. The van der Waals surface area contributed by atoms with E-state index in [-0.39, 0.29) is 17.6 Å². The molecule has 2 aliphatic rings. The molecule has 0 radical (unpaired) electrons. The molecule has 1 fully saturated rings. The number of hydrogen-bond acceptors (Lipinski definition) is 2. The van der Waals surface area contributed by atoms with Gasteiger partial charge in [0.05, 0.1) is 23.7 Å². The molecule has 0 heterocycles. The van der Waals surface area contributed by atoms with Crippen molar-refractivity contribution in [2.75, 3.05) is 0 Å². The molecule has 2 nitrogen and oxygen atoms in total. The summed E-state index contributed by atoms with van der Waals surface area (Å²) in [5, 5.41) is 9.09. The van der Waals surface area contributed by atoms with Crippen LogP contribution in [0.3, 0.4) is 0 Å². The van der Waals surface area contributed by atoms with E-state index in [1.54, 1.807) is 0 Å². The summed E-state index contributed by atoms with van der Waals surface area (Å²) >= 11 is 0. The smallest absolute Gasteiger partial charge is 0.0808 e. The quantitative estimate of drug-likeness (QED) is 0.597. The molecule has 0 N–H and O–H groups in total. The van der Waals surface area contributed by atoms with Crippen LogP contribution in [0.5, 0.6) is 0 Å². The number of fused-ring (bicyclic) bond motifs is 2. The molecule has 0 amide bonds. The molecule has 2 rings (SSSR count). The average Bonchev–Trinajstić information content (AvgIpc) is 2.60. The van der Waals surface area contributed by atoms with Crippen molar-refractivity contribution in [3.8, 4) is 6.07 Å². The minimum absolute atomic E-state index is 0.0734. The molecule has 1 saturated carbocycles. The fourth-order valence-electron chi connectivity index (χ4n) is 2.51. The second kappa shape index (κ2) is 3.10. The molecule has 0 aromatic rings. The van der Waals surface area contributed by atoms with Crippen LogP contribution in [0.1, 0.15) is 27.2 Å². The normalized spacial score (nSPS) is 40.1. The molecule has 2 unspecified atom stereocenters. The van der Waals surface area contributed by atoms with E-state index in [0.29, 0.717) is 11.8 Å².